The lowest BCUT2D eigenvalue weighted by Crippen LogP contribution is -2.05. The number of aromatic amines is 1. The Morgan fingerprint density at radius 1 is 1.19 bits per heavy atom. The molecule has 0 radical (unpaired) electrons. The van der Waals surface area contributed by atoms with Crippen molar-refractivity contribution in [3.8, 4) is 0 Å². The average molecular weight is 210 g/mol. The third-order valence-corrected chi connectivity index (χ3v) is 2.84. The van der Waals surface area contributed by atoms with Gasteiger partial charge in [0.25, 0.3) is 0 Å². The van der Waals surface area contributed by atoms with Crippen LogP contribution in [0, 0.1) is 6.92 Å². The summed E-state index contributed by atoms with van der Waals surface area (Å²) >= 11 is 0. The first-order valence-corrected chi connectivity index (χ1v) is 5.13. The van der Waals surface area contributed by atoms with Crippen LogP contribution in [0.3, 0.4) is 0 Å². The second kappa shape index (κ2) is 3.17. The Balaban J connectivity index is 2.67. The van der Waals surface area contributed by atoms with Crippen LogP contribution >= 0.6 is 0 Å². The zero-order valence-electron chi connectivity index (χ0n) is 8.82. The van der Waals surface area contributed by atoms with Gasteiger partial charge in [0, 0.05) is 17.8 Å². The van der Waals surface area contributed by atoms with Gasteiger partial charge in [0.1, 0.15) is 0 Å². The molecule has 0 aliphatic carbocycles. The second-order valence-electron chi connectivity index (χ2n) is 3.87. The van der Waals surface area contributed by atoms with Crippen molar-refractivity contribution in [1.29, 1.82) is 0 Å². The van der Waals surface area contributed by atoms with E-state index in [1.54, 1.807) is 12.4 Å². The fourth-order valence-corrected chi connectivity index (χ4v) is 1.99. The number of benzene rings is 1. The van der Waals surface area contributed by atoms with Gasteiger partial charge in [-0.2, -0.15) is 0 Å². The molecule has 3 rings (SSSR count). The highest BCUT2D eigenvalue weighted by Gasteiger charge is 2.05. The molecule has 3 heteroatoms. The van der Waals surface area contributed by atoms with E-state index in [2.05, 4.69) is 9.97 Å². The summed E-state index contributed by atoms with van der Waals surface area (Å²) in [5, 5.41) is 1.36. The fraction of sp³-hybridized carbons (Fsp3) is 0.0769. The molecule has 3 aromatic rings. The molecule has 0 amide bonds. The third-order valence-electron chi connectivity index (χ3n) is 2.84. The summed E-state index contributed by atoms with van der Waals surface area (Å²) in [5.41, 5.74) is 2.86. The Hall–Kier alpha value is -2.16. The summed E-state index contributed by atoms with van der Waals surface area (Å²) < 4.78 is 0. The van der Waals surface area contributed by atoms with Crippen molar-refractivity contribution in [1.82, 2.24) is 9.97 Å². The third kappa shape index (κ3) is 1.15. The highest BCUT2D eigenvalue weighted by molar-refractivity contribution is 5.93. The number of para-hydroxylation sites is 1. The van der Waals surface area contributed by atoms with Gasteiger partial charge in [0.15, 0.2) is 5.43 Å². The van der Waals surface area contributed by atoms with Crippen molar-refractivity contribution in [3.63, 3.8) is 0 Å². The van der Waals surface area contributed by atoms with Crippen molar-refractivity contribution in [2.24, 2.45) is 0 Å². The predicted octanol–water partition coefficient (Wildman–Crippen LogP) is 2.38. The molecular weight excluding hydrogens is 200 g/mol. The van der Waals surface area contributed by atoms with E-state index >= 15 is 0 Å². The number of H-pyrrole nitrogens is 1. The van der Waals surface area contributed by atoms with E-state index in [-0.39, 0.29) is 5.43 Å². The van der Waals surface area contributed by atoms with E-state index in [9.17, 15) is 4.79 Å². The minimum absolute atomic E-state index is 0.0422. The standard InChI is InChI=1S/C13H10N2O/c1-8-3-2-4-9-12(8)15-11-5-6-14-7-10(11)13(9)16/h2-7H,1H3,(H,15,16). The minimum atomic E-state index is 0.0422. The summed E-state index contributed by atoms with van der Waals surface area (Å²) in [7, 11) is 0. The van der Waals surface area contributed by atoms with Crippen LogP contribution in [0.25, 0.3) is 21.8 Å². The number of hydrogen-bond acceptors (Lipinski definition) is 2. The lowest BCUT2D eigenvalue weighted by molar-refractivity contribution is 1.33. The first-order valence-electron chi connectivity index (χ1n) is 5.13. The molecule has 0 bridgehead atoms. The van der Waals surface area contributed by atoms with Crippen LogP contribution in [0.2, 0.25) is 0 Å². The SMILES string of the molecule is Cc1cccc2c(=O)c3cnccc3[nH]c12. The number of pyridine rings is 2. The maximum atomic E-state index is 12.2. The highest BCUT2D eigenvalue weighted by atomic mass is 16.1. The van der Waals surface area contributed by atoms with E-state index in [4.69, 9.17) is 0 Å². The molecule has 2 aromatic heterocycles. The quantitative estimate of drug-likeness (QED) is 0.579. The van der Waals surface area contributed by atoms with Crippen LogP contribution in [0.4, 0.5) is 0 Å². The number of nitrogens with one attached hydrogen (secondary N) is 1. The first-order chi connectivity index (χ1) is 7.77. The van der Waals surface area contributed by atoms with E-state index in [1.807, 2.05) is 31.2 Å². The van der Waals surface area contributed by atoms with Crippen LogP contribution in [-0.4, -0.2) is 9.97 Å². The molecule has 2 heterocycles. The number of aryl methyl sites for hydroxylation is 1. The van der Waals surface area contributed by atoms with Crippen molar-refractivity contribution in [3.05, 3.63) is 52.4 Å². The second-order valence-corrected chi connectivity index (χ2v) is 3.87. The molecule has 0 fully saturated rings. The van der Waals surface area contributed by atoms with Gasteiger partial charge in [-0.05, 0) is 24.6 Å². The molecule has 0 unspecified atom stereocenters. The minimum Gasteiger partial charge on any atom is -0.354 e. The van der Waals surface area contributed by atoms with Crippen LogP contribution in [0.1, 0.15) is 5.56 Å². The predicted molar refractivity (Wildman–Crippen MR) is 64.6 cm³/mol. The molecule has 16 heavy (non-hydrogen) atoms. The zero-order valence-corrected chi connectivity index (χ0v) is 8.82. The Bertz CT molecular complexity index is 744. The van der Waals surface area contributed by atoms with Crippen molar-refractivity contribution < 1.29 is 0 Å². The van der Waals surface area contributed by atoms with Crippen LogP contribution < -0.4 is 5.43 Å². The molecule has 0 saturated heterocycles. The van der Waals surface area contributed by atoms with Crippen molar-refractivity contribution in [2.75, 3.05) is 0 Å². The van der Waals surface area contributed by atoms with Gasteiger partial charge in [0.2, 0.25) is 0 Å². The maximum Gasteiger partial charge on any atom is 0.198 e. The molecule has 1 aromatic carbocycles. The van der Waals surface area contributed by atoms with Gasteiger partial charge in [-0.3, -0.25) is 9.78 Å². The molecule has 0 aliphatic heterocycles. The molecule has 78 valence electrons. The summed E-state index contributed by atoms with van der Waals surface area (Å²) in [4.78, 5) is 19.4. The molecule has 0 spiro atoms. The Kier molecular flexibility index (Phi) is 1.80. The highest BCUT2D eigenvalue weighted by Crippen LogP contribution is 2.16. The van der Waals surface area contributed by atoms with Gasteiger partial charge in [-0.1, -0.05) is 12.1 Å². The first kappa shape index (κ1) is 9.09. The Labute approximate surface area is 91.8 Å². The summed E-state index contributed by atoms with van der Waals surface area (Å²) in [6, 6.07) is 7.55. The molecule has 0 saturated carbocycles. The lowest BCUT2D eigenvalue weighted by Gasteiger charge is -2.04. The van der Waals surface area contributed by atoms with Crippen molar-refractivity contribution >= 4 is 21.8 Å². The van der Waals surface area contributed by atoms with Crippen molar-refractivity contribution in [2.45, 2.75) is 6.92 Å². The van der Waals surface area contributed by atoms with Crippen LogP contribution in [0.15, 0.2) is 41.5 Å². The molecule has 0 aliphatic rings. The monoisotopic (exact) mass is 210 g/mol. The maximum absolute atomic E-state index is 12.2. The van der Waals surface area contributed by atoms with Gasteiger partial charge in [0.05, 0.1) is 16.4 Å². The molecular formula is C13H10N2O. The van der Waals surface area contributed by atoms with E-state index in [0.717, 1.165) is 22.0 Å². The Morgan fingerprint density at radius 3 is 2.94 bits per heavy atom. The number of rotatable bonds is 0. The smallest absolute Gasteiger partial charge is 0.198 e. The van der Waals surface area contributed by atoms with Crippen LogP contribution in [-0.2, 0) is 0 Å². The van der Waals surface area contributed by atoms with Gasteiger partial charge < -0.3 is 4.98 Å². The summed E-state index contributed by atoms with van der Waals surface area (Å²) in [5.74, 6) is 0. The molecule has 0 atom stereocenters. The number of nitrogens with zero attached hydrogens (tertiary/aromatic N) is 1. The van der Waals surface area contributed by atoms with E-state index in [1.165, 1.54) is 0 Å². The number of aromatic nitrogens is 2. The fourth-order valence-electron chi connectivity index (χ4n) is 1.99. The molecule has 3 nitrogen and oxygen atoms in total. The van der Waals surface area contributed by atoms with Crippen LogP contribution in [0.5, 0.6) is 0 Å². The van der Waals surface area contributed by atoms with E-state index < -0.39 is 0 Å². The molecule has 1 N–H and O–H groups in total. The summed E-state index contributed by atoms with van der Waals surface area (Å²) in [6.07, 6.45) is 3.29. The topological polar surface area (TPSA) is 45.8 Å². The Morgan fingerprint density at radius 2 is 2.06 bits per heavy atom. The average Bonchev–Trinajstić information content (AvgIpc) is 2.31. The van der Waals surface area contributed by atoms with E-state index in [0.29, 0.717) is 5.39 Å². The lowest BCUT2D eigenvalue weighted by atomic mass is 10.1. The largest absolute Gasteiger partial charge is 0.354 e. The van der Waals surface area contributed by atoms with Gasteiger partial charge in [-0.15, -0.1) is 0 Å². The number of hydrogen-bond donors (Lipinski definition) is 1. The normalized spacial score (nSPS) is 11.1. The van der Waals surface area contributed by atoms with Gasteiger partial charge in [-0.25, -0.2) is 0 Å². The van der Waals surface area contributed by atoms with Gasteiger partial charge >= 0.3 is 0 Å². The zero-order chi connectivity index (χ0) is 11.1. The summed E-state index contributed by atoms with van der Waals surface area (Å²) in [6.45, 7) is 1.99. The number of fused-ring (bicyclic) bond motifs is 2.